The van der Waals surface area contributed by atoms with Gasteiger partial charge in [-0.25, -0.2) is 0 Å². The Kier molecular flexibility index (Phi) is 4.26. The van der Waals surface area contributed by atoms with Crippen molar-refractivity contribution in [3.05, 3.63) is 52.0 Å². The summed E-state index contributed by atoms with van der Waals surface area (Å²) in [5.74, 6) is 0.785. The fourth-order valence-corrected chi connectivity index (χ4v) is 2.21. The number of halogens is 2. The summed E-state index contributed by atoms with van der Waals surface area (Å²) >= 11 is 9.32. The van der Waals surface area contributed by atoms with Crippen LogP contribution in [0.1, 0.15) is 0 Å². The van der Waals surface area contributed by atoms with E-state index in [0.717, 1.165) is 21.3 Å². The van der Waals surface area contributed by atoms with E-state index in [0.29, 0.717) is 18.2 Å². The molecule has 2 aromatic carbocycles. The second-order valence-electron chi connectivity index (χ2n) is 4.23. The average molecular weight is 369 g/mol. The first-order valence-electron chi connectivity index (χ1n) is 6.25. The minimum atomic E-state index is 0.348. The highest BCUT2D eigenvalue weighted by Crippen LogP contribution is 2.17. The lowest BCUT2D eigenvalue weighted by Crippen LogP contribution is -2.19. The van der Waals surface area contributed by atoms with Gasteiger partial charge in [-0.15, -0.1) is 5.10 Å². The third kappa shape index (κ3) is 3.46. The van der Waals surface area contributed by atoms with Crippen LogP contribution in [0.25, 0.3) is 11.0 Å². The highest BCUT2D eigenvalue weighted by atomic mass is 79.9. The summed E-state index contributed by atoms with van der Waals surface area (Å²) < 4.78 is 6.57. The molecule has 3 rings (SSSR count). The number of benzene rings is 2. The molecule has 108 valence electrons. The van der Waals surface area contributed by atoms with Crippen LogP contribution < -0.4 is 9.57 Å². The Morgan fingerprint density at radius 1 is 1.10 bits per heavy atom. The van der Waals surface area contributed by atoms with E-state index in [1.807, 2.05) is 24.3 Å². The first-order chi connectivity index (χ1) is 10.2. The quantitative estimate of drug-likeness (QED) is 0.648. The number of nitrogens with zero attached hydrogens (tertiary/aromatic N) is 3. The lowest BCUT2D eigenvalue weighted by molar-refractivity contribution is 0.0640. The van der Waals surface area contributed by atoms with Crippen LogP contribution in [-0.4, -0.2) is 28.4 Å². The molecule has 5 nitrogen and oxygen atoms in total. The molecular weight excluding hydrogens is 358 g/mol. The molecule has 3 aromatic rings. The van der Waals surface area contributed by atoms with Crippen molar-refractivity contribution in [1.82, 2.24) is 15.2 Å². The van der Waals surface area contributed by atoms with E-state index >= 15 is 0 Å². The summed E-state index contributed by atoms with van der Waals surface area (Å²) in [6, 6.07) is 12.9. The molecule has 0 atom stereocenters. The Morgan fingerprint density at radius 2 is 1.90 bits per heavy atom. The second-order valence-corrected chi connectivity index (χ2v) is 5.58. The van der Waals surface area contributed by atoms with Crippen LogP contribution in [0.15, 0.2) is 46.9 Å². The van der Waals surface area contributed by atoms with E-state index < -0.39 is 0 Å². The zero-order chi connectivity index (χ0) is 14.7. The Bertz CT molecular complexity index is 746. The van der Waals surface area contributed by atoms with E-state index in [1.165, 1.54) is 4.85 Å². The Labute approximate surface area is 134 Å². The van der Waals surface area contributed by atoms with Gasteiger partial charge in [0.25, 0.3) is 0 Å². The lowest BCUT2D eigenvalue weighted by atomic mass is 10.3. The van der Waals surface area contributed by atoms with Crippen LogP contribution in [0, 0.1) is 0 Å². The third-order valence-electron chi connectivity index (χ3n) is 2.76. The fraction of sp³-hybridized carbons (Fsp3) is 0.143. The Hall–Kier alpha value is -1.79. The van der Waals surface area contributed by atoms with Crippen molar-refractivity contribution in [2.75, 3.05) is 13.2 Å². The Balaban J connectivity index is 1.57. The molecule has 0 aliphatic heterocycles. The standard InChI is InChI=1S/C14H11BrClN3O2/c15-10-1-4-12(5-2-10)20-7-8-21-19-14-9-11(16)3-6-13(14)17-18-19/h1-6,9H,7-8H2. The van der Waals surface area contributed by atoms with E-state index in [-0.39, 0.29) is 0 Å². The van der Waals surface area contributed by atoms with Crippen molar-refractivity contribution < 1.29 is 9.57 Å². The van der Waals surface area contributed by atoms with Crippen molar-refractivity contribution in [2.24, 2.45) is 0 Å². The second kappa shape index (κ2) is 6.32. The molecule has 21 heavy (non-hydrogen) atoms. The van der Waals surface area contributed by atoms with Gasteiger partial charge >= 0.3 is 0 Å². The van der Waals surface area contributed by atoms with Crippen molar-refractivity contribution in [3.63, 3.8) is 0 Å². The predicted octanol–water partition coefficient (Wildman–Crippen LogP) is 3.35. The van der Waals surface area contributed by atoms with Crippen molar-refractivity contribution in [3.8, 4) is 5.75 Å². The molecule has 0 saturated heterocycles. The first-order valence-corrected chi connectivity index (χ1v) is 7.42. The largest absolute Gasteiger partial charge is 0.490 e. The van der Waals surface area contributed by atoms with Gasteiger partial charge in [-0.05, 0) is 47.7 Å². The molecule has 1 heterocycles. The minimum Gasteiger partial charge on any atom is -0.490 e. The lowest BCUT2D eigenvalue weighted by Gasteiger charge is -2.07. The molecular formula is C14H11BrClN3O2. The number of rotatable bonds is 5. The van der Waals surface area contributed by atoms with Gasteiger partial charge in [-0.1, -0.05) is 32.4 Å². The molecule has 0 radical (unpaired) electrons. The number of aromatic nitrogens is 3. The monoisotopic (exact) mass is 367 g/mol. The van der Waals surface area contributed by atoms with Gasteiger partial charge in [0, 0.05) is 9.50 Å². The first kappa shape index (κ1) is 14.2. The molecule has 0 spiro atoms. The zero-order valence-corrected chi connectivity index (χ0v) is 13.2. The minimum absolute atomic E-state index is 0.348. The molecule has 1 aromatic heterocycles. The van der Waals surface area contributed by atoms with Gasteiger partial charge in [-0.2, -0.15) is 0 Å². The van der Waals surface area contributed by atoms with Crippen molar-refractivity contribution in [1.29, 1.82) is 0 Å². The summed E-state index contributed by atoms with van der Waals surface area (Å²) in [7, 11) is 0. The molecule has 7 heteroatoms. The number of hydrogen-bond donors (Lipinski definition) is 0. The fourth-order valence-electron chi connectivity index (χ4n) is 1.78. The van der Waals surface area contributed by atoms with Crippen LogP contribution in [-0.2, 0) is 0 Å². The molecule has 0 saturated carbocycles. The van der Waals surface area contributed by atoms with Gasteiger partial charge in [0.05, 0.1) is 0 Å². The SMILES string of the molecule is Clc1ccc2nnn(OCCOc3ccc(Br)cc3)c2c1. The molecule has 0 aliphatic rings. The van der Waals surface area contributed by atoms with Gasteiger partial charge in [0.1, 0.15) is 23.4 Å². The third-order valence-corrected chi connectivity index (χ3v) is 3.52. The summed E-state index contributed by atoms with van der Waals surface area (Å²) in [5.41, 5.74) is 1.46. The maximum absolute atomic E-state index is 5.95. The maximum Gasteiger partial charge on any atom is 0.151 e. The van der Waals surface area contributed by atoms with Gasteiger partial charge < -0.3 is 9.57 Å². The molecule has 0 fully saturated rings. The average Bonchev–Trinajstić information content (AvgIpc) is 2.88. The van der Waals surface area contributed by atoms with E-state index in [4.69, 9.17) is 21.2 Å². The molecule has 0 bridgehead atoms. The predicted molar refractivity (Wildman–Crippen MR) is 83.6 cm³/mol. The molecule has 0 N–H and O–H groups in total. The summed E-state index contributed by atoms with van der Waals surface area (Å²) in [5, 5.41) is 8.52. The Morgan fingerprint density at radius 3 is 2.71 bits per heavy atom. The molecule has 0 amide bonds. The number of fused-ring (bicyclic) bond motifs is 1. The highest BCUT2D eigenvalue weighted by Gasteiger charge is 2.05. The zero-order valence-electron chi connectivity index (χ0n) is 10.9. The normalized spacial score (nSPS) is 10.8. The number of hydrogen-bond acceptors (Lipinski definition) is 4. The van der Waals surface area contributed by atoms with Crippen LogP contribution in [0.2, 0.25) is 5.02 Å². The van der Waals surface area contributed by atoms with Crippen LogP contribution in [0.5, 0.6) is 5.75 Å². The van der Waals surface area contributed by atoms with Crippen molar-refractivity contribution in [2.45, 2.75) is 0 Å². The summed E-state index contributed by atoms with van der Waals surface area (Å²) in [6.45, 7) is 0.755. The van der Waals surface area contributed by atoms with Gasteiger partial charge in [0.2, 0.25) is 0 Å². The molecule has 0 unspecified atom stereocenters. The summed E-state index contributed by atoms with van der Waals surface area (Å²) in [4.78, 5) is 6.86. The van der Waals surface area contributed by atoms with Gasteiger partial charge in [0.15, 0.2) is 6.61 Å². The van der Waals surface area contributed by atoms with Crippen LogP contribution in [0.3, 0.4) is 0 Å². The summed E-state index contributed by atoms with van der Waals surface area (Å²) in [6.07, 6.45) is 0. The van der Waals surface area contributed by atoms with E-state index in [1.54, 1.807) is 18.2 Å². The topological polar surface area (TPSA) is 49.2 Å². The highest BCUT2D eigenvalue weighted by molar-refractivity contribution is 9.10. The van der Waals surface area contributed by atoms with Crippen LogP contribution >= 0.6 is 27.5 Å². The van der Waals surface area contributed by atoms with Gasteiger partial charge in [-0.3, -0.25) is 0 Å². The maximum atomic E-state index is 5.95. The molecule has 0 aliphatic carbocycles. The van der Waals surface area contributed by atoms with E-state index in [2.05, 4.69) is 26.2 Å². The van der Waals surface area contributed by atoms with E-state index in [9.17, 15) is 0 Å². The van der Waals surface area contributed by atoms with Crippen LogP contribution in [0.4, 0.5) is 0 Å². The number of ether oxygens (including phenoxy) is 1. The van der Waals surface area contributed by atoms with Crippen molar-refractivity contribution >= 4 is 38.6 Å². The smallest absolute Gasteiger partial charge is 0.151 e.